The SMILES string of the molecule is C=CCOc1cccc(/C=N/NC(=O)c2cccs2)c1. The number of ether oxygens (including phenoxy) is 1. The second kappa shape index (κ2) is 7.25. The molecule has 2 aromatic rings. The van der Waals surface area contributed by atoms with Crippen molar-refractivity contribution in [1.82, 2.24) is 5.43 Å². The van der Waals surface area contributed by atoms with Gasteiger partial charge < -0.3 is 4.74 Å². The molecule has 20 heavy (non-hydrogen) atoms. The largest absolute Gasteiger partial charge is 0.490 e. The van der Waals surface area contributed by atoms with E-state index in [-0.39, 0.29) is 5.91 Å². The van der Waals surface area contributed by atoms with Crippen LogP contribution in [0, 0.1) is 0 Å². The van der Waals surface area contributed by atoms with E-state index in [0.717, 1.165) is 11.3 Å². The van der Waals surface area contributed by atoms with Crippen LogP contribution in [0.2, 0.25) is 0 Å². The van der Waals surface area contributed by atoms with Crippen molar-refractivity contribution in [1.29, 1.82) is 0 Å². The van der Waals surface area contributed by atoms with E-state index in [0.29, 0.717) is 11.5 Å². The molecule has 0 bridgehead atoms. The highest BCUT2D eigenvalue weighted by Crippen LogP contribution is 2.12. The number of nitrogens with zero attached hydrogens (tertiary/aromatic N) is 1. The fourth-order valence-corrected chi connectivity index (χ4v) is 2.08. The van der Waals surface area contributed by atoms with Gasteiger partial charge in [0.15, 0.2) is 0 Å². The summed E-state index contributed by atoms with van der Waals surface area (Å²) >= 11 is 1.37. The van der Waals surface area contributed by atoms with Crippen molar-refractivity contribution in [2.24, 2.45) is 5.10 Å². The molecule has 0 spiro atoms. The lowest BCUT2D eigenvalue weighted by Gasteiger charge is -2.03. The molecule has 0 aliphatic carbocycles. The number of rotatable bonds is 6. The first-order valence-corrected chi connectivity index (χ1v) is 6.88. The molecule has 0 atom stereocenters. The van der Waals surface area contributed by atoms with E-state index in [1.807, 2.05) is 35.7 Å². The Morgan fingerprint density at radius 3 is 3.05 bits per heavy atom. The van der Waals surface area contributed by atoms with E-state index < -0.39 is 0 Å². The zero-order valence-corrected chi connectivity index (χ0v) is 11.6. The second-order valence-electron chi connectivity index (χ2n) is 3.85. The van der Waals surface area contributed by atoms with E-state index >= 15 is 0 Å². The molecule has 0 radical (unpaired) electrons. The molecule has 1 amide bonds. The Bertz CT molecular complexity index is 606. The Balaban J connectivity index is 1.94. The number of carbonyl (C=O) groups excluding carboxylic acids is 1. The van der Waals surface area contributed by atoms with Crippen LogP contribution in [0.15, 0.2) is 59.5 Å². The predicted octanol–water partition coefficient (Wildman–Crippen LogP) is 3.08. The summed E-state index contributed by atoms with van der Waals surface area (Å²) in [5, 5.41) is 5.77. The Kier molecular flexibility index (Phi) is 5.08. The van der Waals surface area contributed by atoms with E-state index in [4.69, 9.17) is 4.74 Å². The number of hydrogen-bond donors (Lipinski definition) is 1. The summed E-state index contributed by atoms with van der Waals surface area (Å²) in [5.41, 5.74) is 3.33. The average molecular weight is 286 g/mol. The van der Waals surface area contributed by atoms with Gasteiger partial charge in [0.25, 0.3) is 5.91 Å². The number of amides is 1. The standard InChI is InChI=1S/C15H14N2O2S/c1-2-8-19-13-6-3-5-12(10-13)11-16-17-15(18)14-7-4-9-20-14/h2-7,9-11H,1,8H2,(H,17,18)/b16-11+. The Morgan fingerprint density at radius 2 is 2.30 bits per heavy atom. The van der Waals surface area contributed by atoms with Crippen molar-refractivity contribution >= 4 is 23.5 Å². The van der Waals surface area contributed by atoms with Gasteiger partial charge in [-0.1, -0.05) is 30.9 Å². The first-order valence-electron chi connectivity index (χ1n) is 6.00. The van der Waals surface area contributed by atoms with Crippen LogP contribution in [0.25, 0.3) is 0 Å². The molecule has 1 aromatic heterocycles. The van der Waals surface area contributed by atoms with E-state index in [9.17, 15) is 4.79 Å². The molecule has 0 unspecified atom stereocenters. The molecule has 0 aliphatic heterocycles. The fourth-order valence-electron chi connectivity index (χ4n) is 1.47. The molecule has 4 nitrogen and oxygen atoms in total. The predicted molar refractivity (Wildman–Crippen MR) is 81.5 cm³/mol. The summed E-state index contributed by atoms with van der Waals surface area (Å²) < 4.78 is 5.42. The quantitative estimate of drug-likeness (QED) is 0.504. The van der Waals surface area contributed by atoms with Crippen LogP contribution in [-0.2, 0) is 0 Å². The molecule has 1 heterocycles. The highest BCUT2D eigenvalue weighted by molar-refractivity contribution is 7.12. The molecule has 1 N–H and O–H groups in total. The first kappa shape index (κ1) is 14.0. The van der Waals surface area contributed by atoms with Gasteiger partial charge in [-0.2, -0.15) is 5.10 Å². The van der Waals surface area contributed by atoms with Gasteiger partial charge in [0.1, 0.15) is 12.4 Å². The zero-order chi connectivity index (χ0) is 14.2. The maximum atomic E-state index is 11.7. The van der Waals surface area contributed by atoms with Crippen molar-refractivity contribution in [2.75, 3.05) is 6.61 Å². The molecule has 0 fully saturated rings. The lowest BCUT2D eigenvalue weighted by molar-refractivity contribution is 0.0959. The van der Waals surface area contributed by atoms with Crippen LogP contribution < -0.4 is 10.2 Å². The molecule has 1 aromatic carbocycles. The van der Waals surface area contributed by atoms with Gasteiger partial charge in [-0.3, -0.25) is 4.79 Å². The summed E-state index contributed by atoms with van der Waals surface area (Å²) in [6.45, 7) is 4.05. The normalized spacial score (nSPS) is 10.4. The summed E-state index contributed by atoms with van der Waals surface area (Å²) in [7, 11) is 0. The summed E-state index contributed by atoms with van der Waals surface area (Å²) in [5.74, 6) is 0.522. The minimum Gasteiger partial charge on any atom is -0.490 e. The number of nitrogens with one attached hydrogen (secondary N) is 1. The number of thiophene rings is 1. The van der Waals surface area contributed by atoms with Gasteiger partial charge >= 0.3 is 0 Å². The molecule has 102 valence electrons. The monoisotopic (exact) mass is 286 g/mol. The van der Waals surface area contributed by atoms with Gasteiger partial charge in [-0.25, -0.2) is 5.43 Å². The average Bonchev–Trinajstić information content (AvgIpc) is 3.00. The lowest BCUT2D eigenvalue weighted by atomic mass is 10.2. The fraction of sp³-hybridized carbons (Fsp3) is 0.0667. The van der Waals surface area contributed by atoms with Gasteiger partial charge in [-0.15, -0.1) is 11.3 Å². The van der Waals surface area contributed by atoms with E-state index in [1.165, 1.54) is 11.3 Å². The van der Waals surface area contributed by atoms with Gasteiger partial charge in [0.05, 0.1) is 11.1 Å². The Morgan fingerprint density at radius 1 is 1.40 bits per heavy atom. The van der Waals surface area contributed by atoms with Gasteiger partial charge in [0, 0.05) is 0 Å². The third kappa shape index (κ3) is 4.07. The second-order valence-corrected chi connectivity index (χ2v) is 4.80. The smallest absolute Gasteiger partial charge is 0.281 e. The topological polar surface area (TPSA) is 50.7 Å². The van der Waals surface area contributed by atoms with Crippen molar-refractivity contribution in [3.63, 3.8) is 0 Å². The number of hydrazone groups is 1. The Labute approximate surface area is 121 Å². The molecule has 0 saturated carbocycles. The molecular formula is C15H14N2O2S. The molecule has 5 heteroatoms. The highest BCUT2D eigenvalue weighted by Gasteiger charge is 2.03. The summed E-state index contributed by atoms with van der Waals surface area (Å²) in [6, 6.07) is 11.0. The van der Waals surface area contributed by atoms with Crippen LogP contribution >= 0.6 is 11.3 Å². The van der Waals surface area contributed by atoms with Crippen molar-refractivity contribution in [3.05, 3.63) is 64.9 Å². The minimum absolute atomic E-state index is 0.213. The molecule has 0 saturated heterocycles. The van der Waals surface area contributed by atoms with Crippen molar-refractivity contribution < 1.29 is 9.53 Å². The molecular weight excluding hydrogens is 272 g/mol. The van der Waals surface area contributed by atoms with Gasteiger partial charge in [-0.05, 0) is 29.1 Å². The summed E-state index contributed by atoms with van der Waals surface area (Å²) in [4.78, 5) is 12.3. The van der Waals surface area contributed by atoms with Gasteiger partial charge in [0.2, 0.25) is 0 Å². The maximum Gasteiger partial charge on any atom is 0.281 e. The van der Waals surface area contributed by atoms with Crippen LogP contribution in [0.3, 0.4) is 0 Å². The van der Waals surface area contributed by atoms with Crippen LogP contribution in [0.1, 0.15) is 15.2 Å². The first-order chi connectivity index (χ1) is 9.79. The maximum absolute atomic E-state index is 11.7. The lowest BCUT2D eigenvalue weighted by Crippen LogP contribution is -2.16. The van der Waals surface area contributed by atoms with Crippen LogP contribution in [0.5, 0.6) is 5.75 Å². The summed E-state index contributed by atoms with van der Waals surface area (Å²) in [6.07, 6.45) is 3.26. The zero-order valence-electron chi connectivity index (χ0n) is 10.8. The number of carbonyl (C=O) groups is 1. The third-order valence-corrected chi connectivity index (χ3v) is 3.22. The molecule has 2 rings (SSSR count). The van der Waals surface area contributed by atoms with Crippen LogP contribution in [0.4, 0.5) is 0 Å². The third-order valence-electron chi connectivity index (χ3n) is 2.35. The van der Waals surface area contributed by atoms with Crippen LogP contribution in [-0.4, -0.2) is 18.7 Å². The minimum atomic E-state index is -0.213. The number of benzene rings is 1. The number of hydrogen-bond acceptors (Lipinski definition) is 4. The van der Waals surface area contributed by atoms with E-state index in [1.54, 1.807) is 18.4 Å². The highest BCUT2D eigenvalue weighted by atomic mass is 32.1. The van der Waals surface area contributed by atoms with E-state index in [2.05, 4.69) is 17.1 Å². The van der Waals surface area contributed by atoms with Crippen molar-refractivity contribution in [3.8, 4) is 5.75 Å². The molecule has 0 aliphatic rings. The Hall–Kier alpha value is -2.40. The van der Waals surface area contributed by atoms with Crippen molar-refractivity contribution in [2.45, 2.75) is 0 Å².